The summed E-state index contributed by atoms with van der Waals surface area (Å²) in [5, 5.41) is 3.46. The number of ether oxygens (including phenoxy) is 1. The molecule has 3 heteroatoms. The smallest absolute Gasteiger partial charge is 0.0596 e. The largest absolute Gasteiger partial charge is 0.377 e. The molecule has 0 aliphatic rings. The zero-order valence-electron chi connectivity index (χ0n) is 13.6. The zero-order chi connectivity index (χ0) is 15.0. The van der Waals surface area contributed by atoms with E-state index in [1.807, 2.05) is 0 Å². The first-order valence-electron chi connectivity index (χ1n) is 7.58. The lowest BCUT2D eigenvalue weighted by atomic mass is 10.1. The Morgan fingerprint density at radius 1 is 1.15 bits per heavy atom. The molecule has 0 amide bonds. The highest BCUT2D eigenvalue weighted by Crippen LogP contribution is 2.08. The Hall–Kier alpha value is -0.900. The summed E-state index contributed by atoms with van der Waals surface area (Å²) >= 11 is 0. The van der Waals surface area contributed by atoms with Crippen LogP contribution in [0.15, 0.2) is 24.3 Å². The van der Waals surface area contributed by atoms with Crippen molar-refractivity contribution in [3.63, 3.8) is 0 Å². The van der Waals surface area contributed by atoms with E-state index in [9.17, 15) is 0 Å². The van der Waals surface area contributed by atoms with Crippen molar-refractivity contribution in [1.82, 2.24) is 10.2 Å². The summed E-state index contributed by atoms with van der Waals surface area (Å²) in [6.07, 6.45) is 0.314. The van der Waals surface area contributed by atoms with Crippen LogP contribution in [-0.2, 0) is 17.8 Å². The summed E-state index contributed by atoms with van der Waals surface area (Å²) in [6.45, 7) is 12.2. The molecule has 114 valence electrons. The van der Waals surface area contributed by atoms with E-state index in [0.29, 0.717) is 12.1 Å². The Morgan fingerprint density at radius 3 is 2.50 bits per heavy atom. The Labute approximate surface area is 124 Å². The van der Waals surface area contributed by atoms with Crippen LogP contribution in [-0.4, -0.2) is 37.2 Å². The number of nitrogens with one attached hydrogen (secondary N) is 1. The molecular formula is C17H30N2O. The molecule has 1 aromatic carbocycles. The molecule has 1 aromatic rings. The van der Waals surface area contributed by atoms with Crippen LogP contribution in [0.3, 0.4) is 0 Å². The summed E-state index contributed by atoms with van der Waals surface area (Å²) in [6, 6.07) is 9.33. The molecule has 1 N–H and O–H groups in total. The summed E-state index contributed by atoms with van der Waals surface area (Å²) < 4.78 is 5.59. The topological polar surface area (TPSA) is 24.5 Å². The summed E-state index contributed by atoms with van der Waals surface area (Å²) in [5.41, 5.74) is 2.71. The maximum absolute atomic E-state index is 5.59. The summed E-state index contributed by atoms with van der Waals surface area (Å²) in [5.74, 6) is 0. The fraction of sp³-hybridized carbons (Fsp3) is 0.647. The zero-order valence-corrected chi connectivity index (χ0v) is 13.6. The van der Waals surface area contributed by atoms with Crippen molar-refractivity contribution in [3.05, 3.63) is 35.4 Å². The lowest BCUT2D eigenvalue weighted by molar-refractivity contribution is 0.0627. The molecule has 0 aliphatic carbocycles. The molecule has 0 saturated carbocycles. The average Bonchev–Trinajstić information content (AvgIpc) is 2.36. The molecule has 0 bridgehead atoms. The maximum atomic E-state index is 5.59. The van der Waals surface area contributed by atoms with Gasteiger partial charge in [-0.2, -0.15) is 0 Å². The standard InChI is InChI=1S/C17H30N2O/c1-14(2)18-12-16-7-6-8-17(11-16)13-19(5)9-10-20-15(3)4/h6-8,11,14-15,18H,9-10,12-13H2,1-5H3. The summed E-state index contributed by atoms with van der Waals surface area (Å²) in [7, 11) is 2.14. The SMILES string of the molecule is CC(C)NCc1cccc(CN(C)CCOC(C)C)c1. The molecule has 0 radical (unpaired) electrons. The van der Waals surface area contributed by atoms with E-state index in [4.69, 9.17) is 4.74 Å². The lowest BCUT2D eigenvalue weighted by Crippen LogP contribution is -2.24. The average molecular weight is 278 g/mol. The normalized spacial score (nSPS) is 11.8. The van der Waals surface area contributed by atoms with Gasteiger partial charge in [-0.15, -0.1) is 0 Å². The second-order valence-corrected chi connectivity index (χ2v) is 6.01. The number of likely N-dealkylation sites (N-methyl/N-ethyl adjacent to an activating group) is 1. The minimum absolute atomic E-state index is 0.314. The molecule has 20 heavy (non-hydrogen) atoms. The first-order chi connectivity index (χ1) is 9.47. The highest BCUT2D eigenvalue weighted by molar-refractivity contribution is 5.23. The lowest BCUT2D eigenvalue weighted by Gasteiger charge is -2.18. The van der Waals surface area contributed by atoms with Gasteiger partial charge in [0.15, 0.2) is 0 Å². The van der Waals surface area contributed by atoms with Crippen LogP contribution in [0.2, 0.25) is 0 Å². The van der Waals surface area contributed by atoms with Crippen LogP contribution in [0.4, 0.5) is 0 Å². The molecule has 0 heterocycles. The third-order valence-electron chi connectivity index (χ3n) is 3.08. The van der Waals surface area contributed by atoms with Gasteiger partial charge in [0.2, 0.25) is 0 Å². The van der Waals surface area contributed by atoms with Crippen molar-refractivity contribution in [2.45, 2.75) is 52.9 Å². The van der Waals surface area contributed by atoms with Crippen LogP contribution < -0.4 is 5.32 Å². The van der Waals surface area contributed by atoms with Gasteiger partial charge in [0.25, 0.3) is 0 Å². The predicted octanol–water partition coefficient (Wildman–Crippen LogP) is 3.04. The van der Waals surface area contributed by atoms with Gasteiger partial charge in [0.05, 0.1) is 12.7 Å². The van der Waals surface area contributed by atoms with Crippen molar-refractivity contribution < 1.29 is 4.74 Å². The molecule has 0 spiro atoms. The van der Waals surface area contributed by atoms with Gasteiger partial charge in [-0.1, -0.05) is 38.1 Å². The quantitative estimate of drug-likeness (QED) is 0.751. The van der Waals surface area contributed by atoms with E-state index in [1.165, 1.54) is 11.1 Å². The molecular weight excluding hydrogens is 248 g/mol. The monoisotopic (exact) mass is 278 g/mol. The Balaban J connectivity index is 2.40. The van der Waals surface area contributed by atoms with Crippen LogP contribution in [0.25, 0.3) is 0 Å². The minimum Gasteiger partial charge on any atom is -0.377 e. The molecule has 0 atom stereocenters. The number of benzene rings is 1. The van der Waals surface area contributed by atoms with E-state index in [2.05, 4.69) is 69.2 Å². The Bertz CT molecular complexity index is 377. The van der Waals surface area contributed by atoms with E-state index in [1.54, 1.807) is 0 Å². The molecule has 3 nitrogen and oxygen atoms in total. The van der Waals surface area contributed by atoms with Crippen LogP contribution in [0, 0.1) is 0 Å². The van der Waals surface area contributed by atoms with Gasteiger partial charge < -0.3 is 10.1 Å². The van der Waals surface area contributed by atoms with Crippen LogP contribution >= 0.6 is 0 Å². The maximum Gasteiger partial charge on any atom is 0.0596 e. The molecule has 1 rings (SSSR count). The van der Waals surface area contributed by atoms with Crippen LogP contribution in [0.5, 0.6) is 0 Å². The highest BCUT2D eigenvalue weighted by Gasteiger charge is 2.03. The van der Waals surface area contributed by atoms with Crippen molar-refractivity contribution >= 4 is 0 Å². The number of hydrogen-bond acceptors (Lipinski definition) is 3. The third kappa shape index (κ3) is 7.63. The molecule has 0 unspecified atom stereocenters. The van der Waals surface area contributed by atoms with E-state index < -0.39 is 0 Å². The van der Waals surface area contributed by atoms with Crippen molar-refractivity contribution in [2.24, 2.45) is 0 Å². The Morgan fingerprint density at radius 2 is 1.85 bits per heavy atom. The van der Waals surface area contributed by atoms with Crippen LogP contribution in [0.1, 0.15) is 38.8 Å². The van der Waals surface area contributed by atoms with Gasteiger partial charge in [0.1, 0.15) is 0 Å². The molecule has 0 aromatic heterocycles. The minimum atomic E-state index is 0.314. The fourth-order valence-corrected chi connectivity index (χ4v) is 1.99. The van der Waals surface area contributed by atoms with E-state index in [-0.39, 0.29) is 0 Å². The number of nitrogens with zero attached hydrogens (tertiary/aromatic N) is 1. The molecule has 0 fully saturated rings. The highest BCUT2D eigenvalue weighted by atomic mass is 16.5. The first-order valence-corrected chi connectivity index (χ1v) is 7.58. The third-order valence-corrected chi connectivity index (χ3v) is 3.08. The van der Waals surface area contributed by atoms with Crippen molar-refractivity contribution in [3.8, 4) is 0 Å². The van der Waals surface area contributed by atoms with E-state index >= 15 is 0 Å². The second kappa shape index (κ2) is 9.11. The van der Waals surface area contributed by atoms with Gasteiger partial charge in [-0.05, 0) is 32.0 Å². The number of hydrogen-bond donors (Lipinski definition) is 1. The second-order valence-electron chi connectivity index (χ2n) is 6.01. The van der Waals surface area contributed by atoms with Gasteiger partial charge in [-0.25, -0.2) is 0 Å². The van der Waals surface area contributed by atoms with Gasteiger partial charge in [0, 0.05) is 25.7 Å². The van der Waals surface area contributed by atoms with E-state index in [0.717, 1.165) is 26.2 Å². The van der Waals surface area contributed by atoms with Crippen molar-refractivity contribution in [2.75, 3.05) is 20.2 Å². The molecule has 0 saturated heterocycles. The van der Waals surface area contributed by atoms with Crippen molar-refractivity contribution in [1.29, 1.82) is 0 Å². The fourth-order valence-electron chi connectivity index (χ4n) is 1.99. The summed E-state index contributed by atoms with van der Waals surface area (Å²) in [4.78, 5) is 2.30. The van der Waals surface area contributed by atoms with Gasteiger partial charge in [-0.3, -0.25) is 4.90 Å². The van der Waals surface area contributed by atoms with Gasteiger partial charge >= 0.3 is 0 Å². The predicted molar refractivity (Wildman–Crippen MR) is 85.8 cm³/mol. The number of rotatable bonds is 9. The first kappa shape index (κ1) is 17.2. The Kier molecular flexibility index (Phi) is 7.82. The molecule has 0 aliphatic heterocycles.